The maximum atomic E-state index is 11.8. The van der Waals surface area contributed by atoms with E-state index in [1.807, 2.05) is 18.7 Å². The largest absolute Gasteiger partial charge is 0.369 e. The SMILES string of the molecule is CC(C)OCC(=O)N1CC(CN)CC1C. The van der Waals surface area contributed by atoms with Gasteiger partial charge in [0.2, 0.25) is 5.91 Å². The van der Waals surface area contributed by atoms with Crippen LogP contribution in [0.1, 0.15) is 27.2 Å². The molecule has 4 heteroatoms. The number of likely N-dealkylation sites (tertiary alicyclic amines) is 1. The fourth-order valence-corrected chi connectivity index (χ4v) is 1.98. The Hall–Kier alpha value is -0.610. The lowest BCUT2D eigenvalue weighted by Crippen LogP contribution is -2.37. The van der Waals surface area contributed by atoms with Crippen LogP contribution in [0.25, 0.3) is 0 Å². The molecule has 0 aromatic rings. The van der Waals surface area contributed by atoms with Gasteiger partial charge in [-0.25, -0.2) is 0 Å². The first-order chi connectivity index (χ1) is 7.04. The van der Waals surface area contributed by atoms with Crippen LogP contribution in [-0.4, -0.2) is 42.6 Å². The molecule has 0 aromatic carbocycles. The van der Waals surface area contributed by atoms with Gasteiger partial charge in [-0.05, 0) is 39.7 Å². The average molecular weight is 214 g/mol. The third-order valence-electron chi connectivity index (χ3n) is 2.86. The fourth-order valence-electron chi connectivity index (χ4n) is 1.98. The van der Waals surface area contributed by atoms with Crippen molar-refractivity contribution in [2.24, 2.45) is 11.7 Å². The highest BCUT2D eigenvalue weighted by molar-refractivity contribution is 5.78. The summed E-state index contributed by atoms with van der Waals surface area (Å²) in [6.07, 6.45) is 1.13. The van der Waals surface area contributed by atoms with Gasteiger partial charge in [0.1, 0.15) is 6.61 Å². The third kappa shape index (κ3) is 3.47. The number of hydrogen-bond acceptors (Lipinski definition) is 3. The van der Waals surface area contributed by atoms with Gasteiger partial charge in [-0.2, -0.15) is 0 Å². The Kier molecular flexibility index (Phi) is 4.54. The Morgan fingerprint density at radius 1 is 1.60 bits per heavy atom. The zero-order valence-electron chi connectivity index (χ0n) is 9.90. The third-order valence-corrected chi connectivity index (χ3v) is 2.86. The molecule has 15 heavy (non-hydrogen) atoms. The first-order valence-corrected chi connectivity index (χ1v) is 5.65. The molecule has 1 aliphatic heterocycles. The normalized spacial score (nSPS) is 26.3. The molecule has 1 fully saturated rings. The van der Waals surface area contributed by atoms with Gasteiger partial charge in [0.25, 0.3) is 0 Å². The number of carbonyl (C=O) groups excluding carboxylic acids is 1. The highest BCUT2D eigenvalue weighted by Crippen LogP contribution is 2.22. The van der Waals surface area contributed by atoms with E-state index in [9.17, 15) is 4.79 Å². The number of hydrogen-bond donors (Lipinski definition) is 1. The minimum absolute atomic E-state index is 0.0900. The second kappa shape index (κ2) is 5.47. The minimum atomic E-state index is 0.0900. The summed E-state index contributed by atoms with van der Waals surface area (Å²) in [5.41, 5.74) is 5.61. The van der Waals surface area contributed by atoms with Gasteiger partial charge in [0.15, 0.2) is 0 Å². The molecule has 4 nitrogen and oxygen atoms in total. The van der Waals surface area contributed by atoms with Crippen molar-refractivity contribution in [3.05, 3.63) is 0 Å². The standard InChI is InChI=1S/C11H22N2O2/c1-8(2)15-7-11(14)13-6-10(5-12)4-9(13)3/h8-10H,4-7,12H2,1-3H3. The van der Waals surface area contributed by atoms with Crippen LogP contribution in [0.2, 0.25) is 0 Å². The second-order valence-corrected chi connectivity index (χ2v) is 4.59. The molecule has 2 N–H and O–H groups in total. The first kappa shape index (κ1) is 12.5. The van der Waals surface area contributed by atoms with Gasteiger partial charge < -0.3 is 15.4 Å². The number of ether oxygens (including phenoxy) is 1. The molecule has 1 amide bonds. The lowest BCUT2D eigenvalue weighted by molar-refractivity contribution is -0.138. The summed E-state index contributed by atoms with van der Waals surface area (Å²) in [7, 11) is 0. The molecule has 0 radical (unpaired) electrons. The van der Waals surface area contributed by atoms with Gasteiger partial charge in [0.05, 0.1) is 6.10 Å². The van der Waals surface area contributed by atoms with E-state index in [-0.39, 0.29) is 18.6 Å². The van der Waals surface area contributed by atoms with Crippen molar-refractivity contribution in [1.82, 2.24) is 4.90 Å². The fraction of sp³-hybridized carbons (Fsp3) is 0.909. The maximum Gasteiger partial charge on any atom is 0.248 e. The lowest BCUT2D eigenvalue weighted by atomic mass is 10.1. The van der Waals surface area contributed by atoms with E-state index in [1.165, 1.54) is 0 Å². The lowest BCUT2D eigenvalue weighted by Gasteiger charge is -2.22. The molecule has 0 saturated carbocycles. The summed E-state index contributed by atoms with van der Waals surface area (Å²) in [5, 5.41) is 0. The predicted octanol–water partition coefficient (Wildman–Crippen LogP) is 0.607. The van der Waals surface area contributed by atoms with Crippen LogP contribution in [0, 0.1) is 5.92 Å². The van der Waals surface area contributed by atoms with E-state index in [0.717, 1.165) is 13.0 Å². The maximum absolute atomic E-state index is 11.8. The molecule has 0 aliphatic carbocycles. The van der Waals surface area contributed by atoms with Crippen LogP contribution in [0.3, 0.4) is 0 Å². The van der Waals surface area contributed by atoms with E-state index in [0.29, 0.717) is 18.5 Å². The van der Waals surface area contributed by atoms with Crippen LogP contribution < -0.4 is 5.73 Å². The zero-order chi connectivity index (χ0) is 11.4. The number of carbonyl (C=O) groups is 1. The summed E-state index contributed by atoms with van der Waals surface area (Å²) in [4.78, 5) is 13.7. The summed E-state index contributed by atoms with van der Waals surface area (Å²) in [6, 6.07) is 0.307. The summed E-state index contributed by atoms with van der Waals surface area (Å²) in [6.45, 7) is 7.59. The first-order valence-electron chi connectivity index (χ1n) is 5.65. The Morgan fingerprint density at radius 3 is 2.73 bits per heavy atom. The minimum Gasteiger partial charge on any atom is -0.369 e. The highest BCUT2D eigenvalue weighted by atomic mass is 16.5. The molecule has 0 aromatic heterocycles. The Bertz CT molecular complexity index is 219. The van der Waals surface area contributed by atoms with E-state index >= 15 is 0 Å². The summed E-state index contributed by atoms with van der Waals surface area (Å²) in [5.74, 6) is 0.551. The molecular weight excluding hydrogens is 192 g/mol. The van der Waals surface area contributed by atoms with E-state index in [1.54, 1.807) is 0 Å². The van der Waals surface area contributed by atoms with Crippen molar-refractivity contribution in [2.45, 2.75) is 39.3 Å². The topological polar surface area (TPSA) is 55.6 Å². The van der Waals surface area contributed by atoms with Crippen molar-refractivity contribution in [3.8, 4) is 0 Å². The molecule has 0 bridgehead atoms. The average Bonchev–Trinajstić information content (AvgIpc) is 2.56. The molecule has 2 atom stereocenters. The van der Waals surface area contributed by atoms with Gasteiger partial charge in [-0.1, -0.05) is 0 Å². The summed E-state index contributed by atoms with van der Waals surface area (Å²) >= 11 is 0. The zero-order valence-corrected chi connectivity index (χ0v) is 9.90. The van der Waals surface area contributed by atoms with E-state index in [2.05, 4.69) is 6.92 Å². The Labute approximate surface area is 91.8 Å². The van der Waals surface area contributed by atoms with Crippen molar-refractivity contribution in [3.63, 3.8) is 0 Å². The number of nitrogens with two attached hydrogens (primary N) is 1. The molecule has 88 valence electrons. The highest BCUT2D eigenvalue weighted by Gasteiger charge is 2.31. The van der Waals surface area contributed by atoms with Crippen LogP contribution in [0.15, 0.2) is 0 Å². The quantitative estimate of drug-likeness (QED) is 0.746. The monoisotopic (exact) mass is 214 g/mol. The number of amides is 1. The van der Waals surface area contributed by atoms with Crippen LogP contribution in [0.5, 0.6) is 0 Å². The van der Waals surface area contributed by atoms with Gasteiger partial charge >= 0.3 is 0 Å². The van der Waals surface area contributed by atoms with Crippen molar-refractivity contribution in [2.75, 3.05) is 19.7 Å². The second-order valence-electron chi connectivity index (χ2n) is 4.59. The predicted molar refractivity (Wildman–Crippen MR) is 59.4 cm³/mol. The molecule has 1 aliphatic rings. The number of rotatable bonds is 4. The van der Waals surface area contributed by atoms with Crippen molar-refractivity contribution < 1.29 is 9.53 Å². The van der Waals surface area contributed by atoms with Gasteiger partial charge in [-0.15, -0.1) is 0 Å². The Balaban J connectivity index is 2.39. The van der Waals surface area contributed by atoms with Crippen LogP contribution >= 0.6 is 0 Å². The molecule has 0 spiro atoms. The molecule has 2 unspecified atom stereocenters. The molecule has 1 rings (SSSR count). The van der Waals surface area contributed by atoms with Gasteiger partial charge in [-0.3, -0.25) is 4.79 Å². The van der Waals surface area contributed by atoms with Crippen molar-refractivity contribution in [1.29, 1.82) is 0 Å². The van der Waals surface area contributed by atoms with Crippen molar-refractivity contribution >= 4 is 5.91 Å². The van der Waals surface area contributed by atoms with Crippen LogP contribution in [0.4, 0.5) is 0 Å². The van der Waals surface area contributed by atoms with Crippen LogP contribution in [-0.2, 0) is 9.53 Å². The Morgan fingerprint density at radius 2 is 2.27 bits per heavy atom. The molecular formula is C11H22N2O2. The van der Waals surface area contributed by atoms with Gasteiger partial charge in [0, 0.05) is 12.6 Å². The molecule has 1 heterocycles. The van der Waals surface area contributed by atoms with E-state index in [4.69, 9.17) is 10.5 Å². The number of nitrogens with zero attached hydrogens (tertiary/aromatic N) is 1. The molecule has 1 saturated heterocycles. The smallest absolute Gasteiger partial charge is 0.248 e. The summed E-state index contributed by atoms with van der Waals surface area (Å²) < 4.78 is 5.31. The van der Waals surface area contributed by atoms with E-state index < -0.39 is 0 Å².